The van der Waals surface area contributed by atoms with Gasteiger partial charge in [-0.15, -0.1) is 0 Å². The molecule has 2 nitrogen and oxygen atoms in total. The first-order valence-corrected chi connectivity index (χ1v) is 35.9. The fourth-order valence-corrected chi connectivity index (χ4v) is 30.1. The van der Waals surface area contributed by atoms with Crippen LogP contribution in [0.1, 0.15) is 139 Å². The van der Waals surface area contributed by atoms with Crippen molar-refractivity contribution < 1.29 is 0 Å². The first-order valence-electron chi connectivity index (χ1n) is 35.9. The third-order valence-corrected chi connectivity index (χ3v) is 31.5. The maximum absolute atomic E-state index is 2.96. The van der Waals surface area contributed by atoms with Crippen LogP contribution in [0.15, 0.2) is 164 Å². The molecule has 12 bridgehead atoms. The van der Waals surface area contributed by atoms with Crippen LogP contribution in [0.4, 0.5) is 34.1 Å². The fraction of sp³-hybridized carbons (Fsp3) is 0.442. The molecule has 12 fully saturated rings. The first kappa shape index (κ1) is 49.2. The molecule has 4 spiro atoms. The Kier molecular flexibility index (Phi) is 8.37. The Labute approximate surface area is 527 Å². The average molecular weight is 1150 g/mol. The van der Waals surface area contributed by atoms with Gasteiger partial charge < -0.3 is 9.80 Å². The Morgan fingerprint density at radius 3 is 1.55 bits per heavy atom. The zero-order valence-corrected chi connectivity index (χ0v) is 52.9. The number of rotatable bonds is 3. The third-order valence-electron chi connectivity index (χ3n) is 31.5. The van der Waals surface area contributed by atoms with E-state index in [9.17, 15) is 0 Å². The lowest BCUT2D eigenvalue weighted by Crippen LogP contribution is -2.67. The van der Waals surface area contributed by atoms with E-state index in [4.69, 9.17) is 0 Å². The molecule has 20 atom stereocenters. The molecular formula is C86H81BN2. The molecule has 12 aliphatic carbocycles. The third kappa shape index (κ3) is 5.03. The van der Waals surface area contributed by atoms with Crippen molar-refractivity contribution in [1.82, 2.24) is 0 Å². The molecule has 12 saturated carbocycles. The Bertz CT molecular complexity index is 4560. The van der Waals surface area contributed by atoms with Crippen molar-refractivity contribution in [3.8, 4) is 33.4 Å². The fourth-order valence-electron chi connectivity index (χ4n) is 30.1. The summed E-state index contributed by atoms with van der Waals surface area (Å²) >= 11 is 0. The van der Waals surface area contributed by atoms with Crippen LogP contribution in [0.2, 0.25) is 0 Å². The summed E-state index contributed by atoms with van der Waals surface area (Å²) in [5, 5.41) is 0. The molecule has 0 aromatic heterocycles. The Hall–Kier alpha value is -6.58. The smallest absolute Gasteiger partial charge is 0.252 e. The van der Waals surface area contributed by atoms with E-state index in [1.807, 2.05) is 0 Å². The Morgan fingerprint density at radius 2 is 0.921 bits per heavy atom. The minimum absolute atomic E-state index is 0.0124. The zero-order chi connectivity index (χ0) is 58.3. The van der Waals surface area contributed by atoms with Crippen LogP contribution in [-0.2, 0) is 21.7 Å². The lowest BCUT2D eigenvalue weighted by Gasteiger charge is -2.69. The molecule has 24 rings (SSSR count). The van der Waals surface area contributed by atoms with Crippen LogP contribution in [0.5, 0.6) is 0 Å². The van der Waals surface area contributed by atoms with Crippen molar-refractivity contribution in [2.45, 2.75) is 127 Å². The molecule has 4 aliphatic heterocycles. The lowest BCUT2D eigenvalue weighted by molar-refractivity contribution is -0.152. The zero-order valence-electron chi connectivity index (χ0n) is 52.9. The van der Waals surface area contributed by atoms with Gasteiger partial charge in [0.1, 0.15) is 0 Å². The minimum atomic E-state index is -0.0178. The van der Waals surface area contributed by atoms with E-state index >= 15 is 0 Å². The first-order chi connectivity index (χ1) is 43.3. The summed E-state index contributed by atoms with van der Waals surface area (Å²) in [5.74, 6) is 13.9. The van der Waals surface area contributed by atoms with Crippen LogP contribution in [0, 0.1) is 106 Å². The number of benzene rings is 8. The molecule has 0 amide bonds. The van der Waals surface area contributed by atoms with E-state index in [2.05, 4.69) is 215 Å². The van der Waals surface area contributed by atoms with E-state index in [0.717, 1.165) is 76.9 Å². The number of hydrogen-bond donors (Lipinski definition) is 0. The van der Waals surface area contributed by atoms with E-state index in [1.165, 1.54) is 118 Å². The number of fused-ring (bicyclic) bond motifs is 21. The van der Waals surface area contributed by atoms with Gasteiger partial charge in [-0.25, -0.2) is 0 Å². The van der Waals surface area contributed by atoms with Crippen molar-refractivity contribution in [3.63, 3.8) is 0 Å². The van der Waals surface area contributed by atoms with Crippen molar-refractivity contribution in [3.05, 3.63) is 197 Å². The summed E-state index contributed by atoms with van der Waals surface area (Å²) in [6.45, 7) is 15.0. The summed E-state index contributed by atoms with van der Waals surface area (Å²) in [4.78, 5) is 5.92. The van der Waals surface area contributed by atoms with E-state index in [-0.39, 0.29) is 28.4 Å². The van der Waals surface area contributed by atoms with Crippen LogP contribution in [0.3, 0.4) is 0 Å². The summed E-state index contributed by atoms with van der Waals surface area (Å²) in [6.07, 6.45) is 14.9. The van der Waals surface area contributed by atoms with Gasteiger partial charge in [0.05, 0.1) is 11.4 Å². The number of nitrogens with zero attached hydrogens (tertiary/aromatic N) is 2. The summed E-state index contributed by atoms with van der Waals surface area (Å²) < 4.78 is 0. The van der Waals surface area contributed by atoms with Crippen molar-refractivity contribution in [2.75, 3.05) is 9.80 Å². The highest BCUT2D eigenvalue weighted by Gasteiger charge is 2.88. The second kappa shape index (κ2) is 15.2. The van der Waals surface area contributed by atoms with E-state index < -0.39 is 0 Å². The number of anilines is 6. The SMILES string of the molecule is CC(C)(C)c1ccc2c(c1)C1(c3cccc4c3N2c2cc(-c3c(-c5ccccc5)cccc3-c3ccccc3)cc3c2B4c2cccc4c2N3c2ccc(C(C)(C)C)cc2C42C3CC4C5CC6CC7C2C4C7(C6)C5C3)C2CC3C4CC5CC6C1C(C5)C3(C2)C64. The highest BCUT2D eigenvalue weighted by molar-refractivity contribution is 7.00. The lowest BCUT2D eigenvalue weighted by atomic mass is 9.31. The van der Waals surface area contributed by atoms with Gasteiger partial charge in [-0.2, -0.15) is 0 Å². The second-order valence-corrected chi connectivity index (χ2v) is 35.5. The maximum Gasteiger partial charge on any atom is 0.252 e. The predicted molar refractivity (Wildman–Crippen MR) is 363 cm³/mol. The maximum atomic E-state index is 2.96. The van der Waals surface area contributed by atoms with Gasteiger partial charge in [0.15, 0.2) is 0 Å². The van der Waals surface area contributed by atoms with Gasteiger partial charge >= 0.3 is 0 Å². The number of hydrogen-bond acceptors (Lipinski definition) is 2. The Balaban J connectivity index is 0.837. The molecule has 8 aromatic rings. The van der Waals surface area contributed by atoms with Crippen LogP contribution < -0.4 is 26.2 Å². The van der Waals surface area contributed by atoms with Gasteiger partial charge in [0, 0.05) is 33.6 Å². The summed E-state index contributed by atoms with van der Waals surface area (Å²) in [6, 6.07) is 68.0. The quantitative estimate of drug-likeness (QED) is 0.163. The predicted octanol–water partition coefficient (Wildman–Crippen LogP) is 18.5. The van der Waals surface area contributed by atoms with Crippen molar-refractivity contribution in [2.24, 2.45) is 106 Å². The van der Waals surface area contributed by atoms with Gasteiger partial charge in [0.2, 0.25) is 0 Å². The van der Waals surface area contributed by atoms with E-state index in [0.29, 0.717) is 28.6 Å². The summed E-state index contributed by atoms with van der Waals surface area (Å²) in [7, 11) is 0. The molecule has 3 heteroatoms. The molecule has 0 radical (unpaired) electrons. The van der Waals surface area contributed by atoms with E-state index in [1.54, 1.807) is 63.8 Å². The molecular weight excluding hydrogens is 1070 g/mol. The van der Waals surface area contributed by atoms with Crippen molar-refractivity contribution in [1.29, 1.82) is 0 Å². The average Bonchev–Trinajstić information content (AvgIpc) is 1.48. The largest absolute Gasteiger partial charge is 0.311 e. The molecule has 0 saturated heterocycles. The molecule has 16 aliphatic rings. The van der Waals surface area contributed by atoms with Crippen LogP contribution >= 0.6 is 0 Å². The van der Waals surface area contributed by atoms with Gasteiger partial charge in [-0.3, -0.25) is 0 Å². The second-order valence-electron chi connectivity index (χ2n) is 35.5. The number of para-hydroxylation sites is 2. The molecule has 0 N–H and O–H groups in total. The highest BCUT2D eigenvalue weighted by atomic mass is 15.2. The van der Waals surface area contributed by atoms with Gasteiger partial charge in [-0.05, 0) is 288 Å². The monoisotopic (exact) mass is 1150 g/mol. The van der Waals surface area contributed by atoms with Crippen LogP contribution in [-0.4, -0.2) is 6.71 Å². The molecule has 20 unspecified atom stereocenters. The van der Waals surface area contributed by atoms with Gasteiger partial charge in [0.25, 0.3) is 6.71 Å². The normalized spacial score (nSPS) is 39.9. The molecule has 438 valence electrons. The van der Waals surface area contributed by atoms with Gasteiger partial charge in [-0.1, -0.05) is 181 Å². The highest BCUT2D eigenvalue weighted by Crippen LogP contribution is 2.93. The molecule has 8 aromatic carbocycles. The van der Waals surface area contributed by atoms with Crippen LogP contribution in [0.25, 0.3) is 33.4 Å². The molecule has 4 heterocycles. The topological polar surface area (TPSA) is 6.48 Å². The standard InChI is InChI=1S/C86H81BN2/c1-81(2,3)49-26-28-69-63(38-49)85(51-37-56-55-32-45-34-66-77(85)76(56)83(66,42-45)61(55)40-51)59-22-14-24-67-79(59)88(69)71-35-48(73-53(46-16-9-7-10-17-46)20-13-21-54(73)47-18-11-8-12-19-47)36-72-78(71)87(67)68-25-15-23-60-80(68)89(72)70-29-27-50(82(4,5)6)39-64(70)86(60)52-41-62-57-30-44-31-58-74(57)84(62,43-52)65(33-44)75(58)86/h7-29,35-36,38-39,44-45,51-52,55-58,61-62,65-66,74-77H,30-34,37,40-43H2,1-6H3. The summed E-state index contributed by atoms with van der Waals surface area (Å²) in [5.41, 5.74) is 32.5. The molecule has 89 heavy (non-hydrogen) atoms. The minimum Gasteiger partial charge on any atom is -0.311 e. The van der Waals surface area contributed by atoms with Crippen molar-refractivity contribution >= 4 is 57.2 Å². The Morgan fingerprint density at radius 1 is 0.382 bits per heavy atom.